The molecule has 0 bridgehead atoms. The largest absolute Gasteiger partial charge is 0.396 e. The molecule has 6 heteroatoms. The second kappa shape index (κ2) is 6.83. The van der Waals surface area contributed by atoms with Crippen LogP contribution in [0, 0.1) is 5.82 Å². The van der Waals surface area contributed by atoms with Gasteiger partial charge >= 0.3 is 0 Å². The highest BCUT2D eigenvalue weighted by molar-refractivity contribution is 8.00. The Kier molecular flexibility index (Phi) is 5.09. The molecule has 3 nitrogen and oxygen atoms in total. The average Bonchev–Trinajstić information content (AvgIpc) is 2.45. The summed E-state index contributed by atoms with van der Waals surface area (Å²) >= 11 is 7.42. The third-order valence-electron chi connectivity index (χ3n) is 2.77. The molecule has 0 aliphatic rings. The highest BCUT2D eigenvalue weighted by Crippen LogP contribution is 2.30. The van der Waals surface area contributed by atoms with Gasteiger partial charge in [-0.15, -0.1) is 11.8 Å². The number of hydrogen-bond acceptors (Lipinski definition) is 3. The Bertz CT molecular complexity index is 666. The van der Waals surface area contributed by atoms with Crippen LogP contribution in [0.25, 0.3) is 0 Å². The molecule has 0 heterocycles. The minimum atomic E-state index is -0.508. The van der Waals surface area contributed by atoms with Gasteiger partial charge in [0.25, 0.3) is 0 Å². The quantitative estimate of drug-likeness (QED) is 0.655. The summed E-state index contributed by atoms with van der Waals surface area (Å²) in [5.41, 5.74) is 5.93. The first-order valence-corrected chi connectivity index (χ1v) is 7.50. The van der Waals surface area contributed by atoms with Gasteiger partial charge < -0.3 is 11.1 Å². The van der Waals surface area contributed by atoms with E-state index in [4.69, 9.17) is 17.3 Å². The summed E-state index contributed by atoms with van der Waals surface area (Å²) in [6.07, 6.45) is 0. The molecule has 2 rings (SSSR count). The maximum Gasteiger partial charge on any atom is 0.237 e. The smallest absolute Gasteiger partial charge is 0.237 e. The van der Waals surface area contributed by atoms with Gasteiger partial charge in [-0.1, -0.05) is 23.7 Å². The number of amides is 1. The van der Waals surface area contributed by atoms with Crippen molar-refractivity contribution in [2.45, 2.75) is 17.1 Å². The molecule has 1 unspecified atom stereocenters. The molecule has 1 atom stereocenters. The highest BCUT2D eigenvalue weighted by Gasteiger charge is 2.16. The van der Waals surface area contributed by atoms with E-state index < -0.39 is 5.82 Å². The van der Waals surface area contributed by atoms with Crippen LogP contribution in [0.2, 0.25) is 5.02 Å². The van der Waals surface area contributed by atoms with Gasteiger partial charge in [-0.25, -0.2) is 4.39 Å². The summed E-state index contributed by atoms with van der Waals surface area (Å²) in [5, 5.41) is 2.95. The first-order valence-electron chi connectivity index (χ1n) is 6.24. The molecule has 3 N–H and O–H groups in total. The zero-order chi connectivity index (χ0) is 15.4. The Balaban J connectivity index is 2.02. The molecule has 0 aliphatic carbocycles. The van der Waals surface area contributed by atoms with E-state index in [0.717, 1.165) is 4.90 Å². The zero-order valence-corrected chi connectivity index (χ0v) is 12.8. The van der Waals surface area contributed by atoms with E-state index in [2.05, 4.69) is 5.32 Å². The van der Waals surface area contributed by atoms with E-state index in [1.165, 1.54) is 30.0 Å². The molecule has 110 valence electrons. The first-order chi connectivity index (χ1) is 9.97. The molecule has 0 saturated heterocycles. The van der Waals surface area contributed by atoms with Gasteiger partial charge in [-0.3, -0.25) is 4.79 Å². The average molecular weight is 325 g/mol. The summed E-state index contributed by atoms with van der Waals surface area (Å²) in [7, 11) is 0. The lowest BCUT2D eigenvalue weighted by Crippen LogP contribution is -2.22. The van der Waals surface area contributed by atoms with Crippen LogP contribution in [-0.4, -0.2) is 11.2 Å². The van der Waals surface area contributed by atoms with Crippen LogP contribution < -0.4 is 11.1 Å². The van der Waals surface area contributed by atoms with Crippen molar-refractivity contribution in [3.05, 3.63) is 53.3 Å². The zero-order valence-electron chi connectivity index (χ0n) is 11.3. The maximum absolute atomic E-state index is 13.1. The molecule has 2 aromatic carbocycles. The fourth-order valence-electron chi connectivity index (χ4n) is 1.65. The minimum Gasteiger partial charge on any atom is -0.396 e. The number of anilines is 2. The van der Waals surface area contributed by atoms with Crippen molar-refractivity contribution in [1.29, 1.82) is 0 Å². The number of carbonyl (C=O) groups is 1. The summed E-state index contributed by atoms with van der Waals surface area (Å²) in [5.74, 6) is -0.711. The van der Waals surface area contributed by atoms with Crippen LogP contribution in [0.4, 0.5) is 15.8 Å². The van der Waals surface area contributed by atoms with Crippen molar-refractivity contribution >= 4 is 40.6 Å². The molecule has 0 aromatic heterocycles. The minimum absolute atomic E-state index is 0.000732. The number of halogens is 2. The second-order valence-electron chi connectivity index (χ2n) is 4.42. The van der Waals surface area contributed by atoms with E-state index >= 15 is 0 Å². The third-order valence-corrected chi connectivity index (χ3v) is 4.39. The van der Waals surface area contributed by atoms with Crippen LogP contribution in [0.3, 0.4) is 0 Å². The van der Waals surface area contributed by atoms with Crippen LogP contribution in [0.1, 0.15) is 6.92 Å². The molecule has 2 aromatic rings. The lowest BCUT2D eigenvalue weighted by Gasteiger charge is -2.13. The Morgan fingerprint density at radius 2 is 2.05 bits per heavy atom. The number of benzene rings is 2. The predicted octanol–water partition coefficient (Wildman–Crippen LogP) is 4.18. The van der Waals surface area contributed by atoms with Gasteiger partial charge in [0.05, 0.1) is 16.0 Å². The van der Waals surface area contributed by atoms with Gasteiger partial charge in [0.2, 0.25) is 5.91 Å². The maximum atomic E-state index is 13.1. The van der Waals surface area contributed by atoms with Crippen LogP contribution in [0.15, 0.2) is 47.4 Å². The Hall–Kier alpha value is -1.72. The molecule has 0 radical (unpaired) electrons. The molecule has 0 saturated carbocycles. The molecular weight excluding hydrogens is 311 g/mol. The van der Waals surface area contributed by atoms with Crippen molar-refractivity contribution in [1.82, 2.24) is 0 Å². The van der Waals surface area contributed by atoms with E-state index in [-0.39, 0.29) is 16.8 Å². The molecule has 0 aliphatic heterocycles. The number of thioether (sulfide) groups is 1. The highest BCUT2D eigenvalue weighted by atomic mass is 35.5. The Morgan fingerprint density at radius 1 is 1.33 bits per heavy atom. The van der Waals surface area contributed by atoms with Gasteiger partial charge in [0.15, 0.2) is 0 Å². The summed E-state index contributed by atoms with van der Waals surface area (Å²) < 4.78 is 13.1. The monoisotopic (exact) mass is 324 g/mol. The second-order valence-corrected chi connectivity index (χ2v) is 6.21. The van der Waals surface area contributed by atoms with Crippen LogP contribution in [0.5, 0.6) is 0 Å². The number of nitrogens with one attached hydrogen (secondary N) is 1. The van der Waals surface area contributed by atoms with Crippen molar-refractivity contribution in [3.63, 3.8) is 0 Å². The van der Waals surface area contributed by atoms with Crippen LogP contribution in [-0.2, 0) is 4.79 Å². The predicted molar refractivity (Wildman–Crippen MR) is 86.2 cm³/mol. The van der Waals surface area contributed by atoms with Gasteiger partial charge in [0, 0.05) is 10.6 Å². The Morgan fingerprint density at radius 3 is 2.71 bits per heavy atom. The number of rotatable bonds is 4. The third kappa shape index (κ3) is 4.12. The van der Waals surface area contributed by atoms with Gasteiger partial charge in [-0.05, 0) is 37.3 Å². The Labute approximate surface area is 131 Å². The van der Waals surface area contributed by atoms with Crippen LogP contribution >= 0.6 is 23.4 Å². The van der Waals surface area contributed by atoms with Crippen molar-refractivity contribution in [3.8, 4) is 0 Å². The standard InChI is InChI=1S/C15H14ClFN2OS/c1-9(21-14-5-3-2-4-11(14)16)15(20)19-10-6-7-12(17)13(18)8-10/h2-9H,18H2,1H3,(H,19,20). The van der Waals surface area contributed by atoms with Gasteiger partial charge in [-0.2, -0.15) is 0 Å². The molecular formula is C15H14ClFN2OS. The lowest BCUT2D eigenvalue weighted by atomic mass is 10.2. The van der Waals surface area contributed by atoms with Gasteiger partial charge in [0.1, 0.15) is 5.82 Å². The van der Waals surface area contributed by atoms with E-state index in [1.807, 2.05) is 18.2 Å². The molecule has 1 amide bonds. The number of hydrogen-bond donors (Lipinski definition) is 2. The van der Waals surface area contributed by atoms with E-state index in [9.17, 15) is 9.18 Å². The van der Waals surface area contributed by atoms with E-state index in [0.29, 0.717) is 10.7 Å². The number of carbonyl (C=O) groups excluding carboxylic acids is 1. The number of nitrogens with two attached hydrogens (primary N) is 1. The molecule has 0 fully saturated rings. The van der Waals surface area contributed by atoms with Crippen molar-refractivity contribution in [2.75, 3.05) is 11.1 Å². The topological polar surface area (TPSA) is 55.1 Å². The summed E-state index contributed by atoms with van der Waals surface area (Å²) in [6, 6.07) is 11.4. The van der Waals surface area contributed by atoms with Crippen molar-refractivity contribution < 1.29 is 9.18 Å². The summed E-state index contributed by atoms with van der Waals surface area (Å²) in [6.45, 7) is 1.77. The SMILES string of the molecule is CC(Sc1ccccc1Cl)C(=O)Nc1ccc(F)c(N)c1. The fourth-order valence-corrected chi connectivity index (χ4v) is 2.80. The summed E-state index contributed by atoms with van der Waals surface area (Å²) in [4.78, 5) is 12.9. The molecule has 0 spiro atoms. The normalized spacial score (nSPS) is 12.0. The fraction of sp³-hybridized carbons (Fsp3) is 0.133. The first kappa shape index (κ1) is 15.7. The number of nitrogen functional groups attached to an aromatic ring is 1. The lowest BCUT2D eigenvalue weighted by molar-refractivity contribution is -0.115. The van der Waals surface area contributed by atoms with E-state index in [1.54, 1.807) is 13.0 Å². The van der Waals surface area contributed by atoms with Crippen molar-refractivity contribution in [2.24, 2.45) is 0 Å². The molecule has 21 heavy (non-hydrogen) atoms.